The van der Waals surface area contributed by atoms with E-state index < -0.39 is 18.5 Å². The van der Waals surface area contributed by atoms with Gasteiger partial charge in [0.05, 0.1) is 0 Å². The normalized spacial score (nSPS) is 11.2. The number of hydrogen-bond donors (Lipinski definition) is 2. The second-order valence-electron chi connectivity index (χ2n) is 4.93. The molecule has 0 saturated heterocycles. The van der Waals surface area contributed by atoms with E-state index in [2.05, 4.69) is 9.82 Å². The molecule has 7 heteroatoms. The summed E-state index contributed by atoms with van der Waals surface area (Å²) in [5, 5.41) is 8.57. The lowest BCUT2D eigenvalue weighted by atomic mass is 9.91. The summed E-state index contributed by atoms with van der Waals surface area (Å²) in [7, 11) is 0. The summed E-state index contributed by atoms with van der Waals surface area (Å²) in [5.41, 5.74) is 2.68. The van der Waals surface area contributed by atoms with Crippen molar-refractivity contribution >= 4 is 23.5 Å². The summed E-state index contributed by atoms with van der Waals surface area (Å²) >= 11 is 5.86. The largest absolute Gasteiger partial charge is 0.479 e. The molecule has 1 aromatic rings. The first-order valence-electron chi connectivity index (χ1n) is 5.52. The number of amides is 1. The minimum absolute atomic E-state index is 0.191. The number of aromatic nitrogens is 1. The molecule has 1 aromatic heterocycles. The molecule has 0 atom stereocenters. The lowest BCUT2D eigenvalue weighted by Gasteiger charge is -2.18. The fourth-order valence-corrected chi connectivity index (χ4v) is 1.44. The van der Waals surface area contributed by atoms with E-state index in [1.807, 2.05) is 26.3 Å². The lowest BCUT2D eigenvalue weighted by Crippen LogP contribution is -2.27. The van der Waals surface area contributed by atoms with Crippen molar-refractivity contribution in [3.05, 3.63) is 28.5 Å². The molecule has 19 heavy (non-hydrogen) atoms. The maximum Gasteiger partial charge on any atom is 0.332 e. The van der Waals surface area contributed by atoms with E-state index >= 15 is 0 Å². The van der Waals surface area contributed by atoms with Crippen molar-refractivity contribution in [2.45, 2.75) is 26.2 Å². The van der Waals surface area contributed by atoms with E-state index in [1.54, 1.807) is 6.07 Å². The van der Waals surface area contributed by atoms with Gasteiger partial charge in [-0.05, 0) is 12.1 Å². The summed E-state index contributed by atoms with van der Waals surface area (Å²) in [6, 6.07) is 2.97. The van der Waals surface area contributed by atoms with Gasteiger partial charge in [-0.2, -0.15) is 0 Å². The van der Waals surface area contributed by atoms with Crippen LogP contribution < -0.4 is 5.48 Å². The van der Waals surface area contributed by atoms with Crippen molar-refractivity contribution in [3.8, 4) is 0 Å². The Morgan fingerprint density at radius 3 is 2.58 bits per heavy atom. The van der Waals surface area contributed by atoms with Crippen LogP contribution in [-0.2, 0) is 15.0 Å². The predicted octanol–water partition coefficient (Wildman–Crippen LogP) is 1.78. The molecule has 0 aliphatic carbocycles. The minimum Gasteiger partial charge on any atom is -0.479 e. The van der Waals surface area contributed by atoms with Gasteiger partial charge in [0.1, 0.15) is 5.15 Å². The molecule has 1 amide bonds. The fraction of sp³-hybridized carbons (Fsp3) is 0.417. The summed E-state index contributed by atoms with van der Waals surface area (Å²) in [5.74, 6) is -1.75. The molecule has 0 fully saturated rings. The van der Waals surface area contributed by atoms with Gasteiger partial charge in [-0.25, -0.2) is 15.3 Å². The molecule has 0 saturated carbocycles. The Labute approximate surface area is 115 Å². The van der Waals surface area contributed by atoms with Crippen LogP contribution in [0.3, 0.4) is 0 Å². The van der Waals surface area contributed by atoms with Gasteiger partial charge in [0.25, 0.3) is 5.91 Å². The molecule has 104 valence electrons. The van der Waals surface area contributed by atoms with Crippen molar-refractivity contribution in [2.24, 2.45) is 0 Å². The first kappa shape index (κ1) is 15.4. The molecule has 1 heterocycles. The highest BCUT2D eigenvalue weighted by molar-refractivity contribution is 6.29. The quantitative estimate of drug-likeness (QED) is 0.650. The molecule has 0 radical (unpaired) electrons. The Bertz CT molecular complexity index is 497. The van der Waals surface area contributed by atoms with Crippen LogP contribution in [0.2, 0.25) is 5.15 Å². The Balaban J connectivity index is 2.86. The van der Waals surface area contributed by atoms with E-state index in [0.29, 0.717) is 5.69 Å². The number of aliphatic carboxylic acids is 1. The van der Waals surface area contributed by atoms with Gasteiger partial charge >= 0.3 is 5.97 Å². The number of carbonyl (C=O) groups is 2. The maximum atomic E-state index is 11.7. The Morgan fingerprint density at radius 2 is 2.05 bits per heavy atom. The Morgan fingerprint density at radius 1 is 1.42 bits per heavy atom. The van der Waals surface area contributed by atoms with E-state index in [4.69, 9.17) is 16.7 Å². The Hall–Kier alpha value is -1.66. The first-order chi connectivity index (χ1) is 8.70. The molecular formula is C12H15ClN2O4. The summed E-state index contributed by atoms with van der Waals surface area (Å²) < 4.78 is 0. The van der Waals surface area contributed by atoms with Crippen LogP contribution in [0.5, 0.6) is 0 Å². The van der Waals surface area contributed by atoms with Crippen LogP contribution in [0.4, 0.5) is 0 Å². The fourth-order valence-electron chi connectivity index (χ4n) is 1.23. The number of carboxylic acid groups (broad SMARTS) is 1. The zero-order valence-electron chi connectivity index (χ0n) is 10.9. The van der Waals surface area contributed by atoms with Gasteiger partial charge < -0.3 is 5.11 Å². The third kappa shape index (κ3) is 4.84. The van der Waals surface area contributed by atoms with Crippen molar-refractivity contribution in [3.63, 3.8) is 0 Å². The molecule has 0 aliphatic heterocycles. The number of nitrogens with zero attached hydrogens (tertiary/aromatic N) is 1. The van der Waals surface area contributed by atoms with Gasteiger partial charge in [0.15, 0.2) is 6.61 Å². The van der Waals surface area contributed by atoms with Crippen molar-refractivity contribution in [1.29, 1.82) is 0 Å². The zero-order chi connectivity index (χ0) is 14.6. The van der Waals surface area contributed by atoms with Crippen LogP contribution in [0.25, 0.3) is 0 Å². The summed E-state index contributed by atoms with van der Waals surface area (Å²) in [4.78, 5) is 30.7. The number of pyridine rings is 1. The Kier molecular flexibility index (Phi) is 4.85. The number of hydroxylamine groups is 1. The van der Waals surface area contributed by atoms with Crippen molar-refractivity contribution in [2.75, 3.05) is 6.61 Å². The topological polar surface area (TPSA) is 88.5 Å². The number of hydrogen-bond acceptors (Lipinski definition) is 4. The SMILES string of the molecule is CC(C)(C)c1cc(C(=O)NOCC(=O)O)cc(Cl)n1. The minimum atomic E-state index is -1.18. The van der Waals surface area contributed by atoms with E-state index in [0.717, 1.165) is 0 Å². The van der Waals surface area contributed by atoms with Crippen LogP contribution >= 0.6 is 11.6 Å². The highest BCUT2D eigenvalue weighted by atomic mass is 35.5. The number of carboxylic acids is 1. The molecule has 0 aromatic carbocycles. The second kappa shape index (κ2) is 5.99. The maximum absolute atomic E-state index is 11.7. The number of nitrogens with one attached hydrogen (secondary N) is 1. The molecule has 0 bridgehead atoms. The standard InChI is InChI=1S/C12H15ClN2O4/c1-12(2,3)8-4-7(5-9(13)14-8)11(18)15-19-6-10(16)17/h4-5H,6H2,1-3H3,(H,15,18)(H,16,17). The lowest BCUT2D eigenvalue weighted by molar-refractivity contribution is -0.144. The third-order valence-electron chi connectivity index (χ3n) is 2.19. The van der Waals surface area contributed by atoms with Gasteiger partial charge in [0, 0.05) is 16.7 Å². The predicted molar refractivity (Wildman–Crippen MR) is 69.0 cm³/mol. The van der Waals surface area contributed by atoms with E-state index in [9.17, 15) is 9.59 Å². The number of halogens is 1. The van der Waals surface area contributed by atoms with Crippen LogP contribution in [0.1, 0.15) is 36.8 Å². The zero-order valence-corrected chi connectivity index (χ0v) is 11.6. The highest BCUT2D eigenvalue weighted by Gasteiger charge is 2.19. The average molecular weight is 287 g/mol. The van der Waals surface area contributed by atoms with Crippen LogP contribution in [0, 0.1) is 0 Å². The van der Waals surface area contributed by atoms with E-state index in [-0.39, 0.29) is 16.1 Å². The van der Waals surface area contributed by atoms with Gasteiger partial charge in [-0.1, -0.05) is 32.4 Å². The smallest absolute Gasteiger partial charge is 0.332 e. The van der Waals surface area contributed by atoms with Crippen molar-refractivity contribution < 1.29 is 19.5 Å². The van der Waals surface area contributed by atoms with Gasteiger partial charge in [-0.3, -0.25) is 9.63 Å². The van der Waals surface area contributed by atoms with Gasteiger partial charge in [-0.15, -0.1) is 0 Å². The number of carbonyl (C=O) groups excluding carboxylic acids is 1. The van der Waals surface area contributed by atoms with E-state index in [1.165, 1.54) is 6.07 Å². The van der Waals surface area contributed by atoms with Gasteiger partial charge in [0.2, 0.25) is 0 Å². The molecule has 0 aliphatic rings. The molecule has 6 nitrogen and oxygen atoms in total. The molecule has 1 rings (SSSR count). The monoisotopic (exact) mass is 286 g/mol. The average Bonchev–Trinajstić information content (AvgIpc) is 2.26. The molecule has 0 unspecified atom stereocenters. The van der Waals surface area contributed by atoms with Crippen molar-refractivity contribution in [1.82, 2.24) is 10.5 Å². The number of rotatable bonds is 4. The van der Waals surface area contributed by atoms with Crippen LogP contribution in [-0.4, -0.2) is 28.6 Å². The summed E-state index contributed by atoms with van der Waals surface area (Å²) in [6.45, 7) is 5.20. The third-order valence-corrected chi connectivity index (χ3v) is 2.38. The summed E-state index contributed by atoms with van der Waals surface area (Å²) in [6.07, 6.45) is 0. The first-order valence-corrected chi connectivity index (χ1v) is 5.90. The second-order valence-corrected chi connectivity index (χ2v) is 5.31. The highest BCUT2D eigenvalue weighted by Crippen LogP contribution is 2.23. The molecular weight excluding hydrogens is 272 g/mol. The molecule has 0 spiro atoms. The van der Waals surface area contributed by atoms with Crippen LogP contribution in [0.15, 0.2) is 12.1 Å². The molecule has 2 N–H and O–H groups in total.